The third-order valence-corrected chi connectivity index (χ3v) is 3.27. The Morgan fingerprint density at radius 1 is 1.47 bits per heavy atom. The van der Waals surface area contributed by atoms with Gasteiger partial charge in [0.2, 0.25) is 11.8 Å². The van der Waals surface area contributed by atoms with Gasteiger partial charge in [-0.15, -0.1) is 0 Å². The summed E-state index contributed by atoms with van der Waals surface area (Å²) in [6, 6.07) is -1.07. The van der Waals surface area contributed by atoms with Crippen molar-refractivity contribution in [1.29, 1.82) is 0 Å². The quantitative estimate of drug-likeness (QED) is 0.602. The number of rotatable bonds is 6. The van der Waals surface area contributed by atoms with Gasteiger partial charge in [0.1, 0.15) is 6.04 Å². The van der Waals surface area contributed by atoms with Gasteiger partial charge in [-0.3, -0.25) is 9.59 Å². The van der Waals surface area contributed by atoms with Crippen molar-refractivity contribution in [2.75, 3.05) is 13.2 Å². The van der Waals surface area contributed by atoms with E-state index in [0.717, 1.165) is 0 Å². The Labute approximate surface area is 111 Å². The number of carboxylic acids is 1. The Hall–Kier alpha value is -1.63. The third kappa shape index (κ3) is 4.86. The molecule has 0 saturated carbocycles. The highest BCUT2D eigenvalue weighted by atomic mass is 16.5. The zero-order chi connectivity index (χ0) is 14.4. The van der Waals surface area contributed by atoms with Gasteiger partial charge in [-0.25, -0.2) is 4.79 Å². The van der Waals surface area contributed by atoms with Gasteiger partial charge in [-0.1, -0.05) is 6.92 Å². The first-order chi connectivity index (χ1) is 8.91. The maximum absolute atomic E-state index is 12.0. The predicted octanol–water partition coefficient (Wildman–Crippen LogP) is -0.506. The van der Waals surface area contributed by atoms with Gasteiger partial charge < -0.3 is 20.9 Å². The zero-order valence-corrected chi connectivity index (χ0v) is 10.9. The molecule has 1 rings (SSSR count). The van der Waals surface area contributed by atoms with Crippen molar-refractivity contribution in [2.24, 2.45) is 17.6 Å². The second kappa shape index (κ2) is 7.08. The summed E-state index contributed by atoms with van der Waals surface area (Å²) < 4.78 is 5.24. The second-order valence-electron chi connectivity index (χ2n) is 4.85. The number of hydrogen-bond donors (Lipinski definition) is 3. The van der Waals surface area contributed by atoms with Crippen LogP contribution in [0.15, 0.2) is 0 Å². The summed E-state index contributed by atoms with van der Waals surface area (Å²) in [6.45, 7) is 2.89. The number of hydrogen-bond acceptors (Lipinski definition) is 4. The molecule has 3 unspecified atom stereocenters. The average Bonchev–Trinajstić information content (AvgIpc) is 2.34. The second-order valence-corrected chi connectivity index (χ2v) is 4.85. The van der Waals surface area contributed by atoms with Gasteiger partial charge in [0.25, 0.3) is 0 Å². The van der Waals surface area contributed by atoms with E-state index in [9.17, 15) is 14.4 Å². The lowest BCUT2D eigenvalue weighted by atomic mass is 9.89. The van der Waals surface area contributed by atoms with E-state index >= 15 is 0 Å². The summed E-state index contributed by atoms with van der Waals surface area (Å²) in [5, 5.41) is 11.5. The van der Waals surface area contributed by atoms with Crippen LogP contribution in [0, 0.1) is 11.8 Å². The van der Waals surface area contributed by atoms with E-state index < -0.39 is 17.9 Å². The smallest absolute Gasteiger partial charge is 0.326 e. The Morgan fingerprint density at radius 3 is 2.68 bits per heavy atom. The molecular formula is C12H20N2O5. The number of aliphatic carboxylic acids is 1. The summed E-state index contributed by atoms with van der Waals surface area (Å²) in [5.41, 5.74) is 4.98. The molecule has 7 heteroatoms. The minimum Gasteiger partial charge on any atom is -0.480 e. The average molecular weight is 272 g/mol. The van der Waals surface area contributed by atoms with Crippen molar-refractivity contribution in [3.63, 3.8) is 0 Å². The summed E-state index contributed by atoms with van der Waals surface area (Å²) in [7, 11) is 0. The lowest BCUT2D eigenvalue weighted by Gasteiger charge is -2.28. The van der Waals surface area contributed by atoms with E-state index in [0.29, 0.717) is 19.6 Å². The van der Waals surface area contributed by atoms with Crippen LogP contribution >= 0.6 is 0 Å². The Kier molecular flexibility index (Phi) is 5.75. The van der Waals surface area contributed by atoms with E-state index in [4.69, 9.17) is 15.6 Å². The maximum Gasteiger partial charge on any atom is 0.326 e. The van der Waals surface area contributed by atoms with Gasteiger partial charge in [0.15, 0.2) is 0 Å². The molecule has 0 bridgehead atoms. The predicted molar refractivity (Wildman–Crippen MR) is 66.1 cm³/mol. The molecule has 0 aromatic heterocycles. The van der Waals surface area contributed by atoms with Gasteiger partial charge in [0, 0.05) is 25.6 Å². The topological polar surface area (TPSA) is 119 Å². The number of carbonyl (C=O) groups is 3. The molecule has 2 amide bonds. The molecule has 3 atom stereocenters. The van der Waals surface area contributed by atoms with Crippen LogP contribution in [0.1, 0.15) is 26.2 Å². The van der Waals surface area contributed by atoms with Crippen molar-refractivity contribution in [1.82, 2.24) is 5.32 Å². The van der Waals surface area contributed by atoms with Crippen molar-refractivity contribution < 1.29 is 24.2 Å². The molecule has 0 aromatic rings. The van der Waals surface area contributed by atoms with Gasteiger partial charge in [-0.2, -0.15) is 0 Å². The summed E-state index contributed by atoms with van der Waals surface area (Å²) in [4.78, 5) is 33.7. The standard InChI is InChI=1S/C12H20N2O5/c1-7-6-19-5-4-8(7)11(16)14-9(12(17)18)2-3-10(13)15/h7-9H,2-6H2,1H3,(H2,13,15)(H,14,16)(H,17,18). The number of nitrogens with two attached hydrogens (primary N) is 1. The molecule has 0 radical (unpaired) electrons. The zero-order valence-electron chi connectivity index (χ0n) is 10.9. The first-order valence-corrected chi connectivity index (χ1v) is 6.31. The molecule has 1 saturated heterocycles. The van der Waals surface area contributed by atoms with Crippen LogP contribution in [-0.4, -0.2) is 42.1 Å². The van der Waals surface area contributed by atoms with Crippen LogP contribution < -0.4 is 11.1 Å². The highest BCUT2D eigenvalue weighted by molar-refractivity contribution is 5.85. The molecule has 4 N–H and O–H groups in total. The maximum atomic E-state index is 12.0. The Balaban J connectivity index is 2.55. The molecule has 19 heavy (non-hydrogen) atoms. The van der Waals surface area contributed by atoms with E-state index in [1.54, 1.807) is 0 Å². The van der Waals surface area contributed by atoms with Gasteiger partial charge >= 0.3 is 5.97 Å². The highest BCUT2D eigenvalue weighted by Crippen LogP contribution is 2.21. The Morgan fingerprint density at radius 2 is 2.16 bits per heavy atom. The molecule has 1 aliphatic heterocycles. The van der Waals surface area contributed by atoms with Crippen LogP contribution in [0.25, 0.3) is 0 Å². The SMILES string of the molecule is CC1COCCC1C(=O)NC(CCC(N)=O)C(=O)O. The van der Waals surface area contributed by atoms with Crippen molar-refractivity contribution in [2.45, 2.75) is 32.2 Å². The van der Waals surface area contributed by atoms with Crippen LogP contribution in [-0.2, 0) is 19.1 Å². The van der Waals surface area contributed by atoms with Crippen molar-refractivity contribution >= 4 is 17.8 Å². The number of amides is 2. The molecular weight excluding hydrogens is 252 g/mol. The van der Waals surface area contributed by atoms with Gasteiger partial charge in [-0.05, 0) is 18.8 Å². The van der Waals surface area contributed by atoms with Crippen LogP contribution in [0.5, 0.6) is 0 Å². The molecule has 108 valence electrons. The number of carboxylic acid groups (broad SMARTS) is 1. The molecule has 1 aliphatic rings. The number of ether oxygens (including phenoxy) is 1. The van der Waals surface area contributed by atoms with Crippen molar-refractivity contribution in [3.05, 3.63) is 0 Å². The third-order valence-electron chi connectivity index (χ3n) is 3.27. The highest BCUT2D eigenvalue weighted by Gasteiger charge is 2.31. The lowest BCUT2D eigenvalue weighted by Crippen LogP contribution is -2.47. The summed E-state index contributed by atoms with van der Waals surface area (Å²) in [6.07, 6.45) is 0.518. The van der Waals surface area contributed by atoms with Crippen LogP contribution in [0.3, 0.4) is 0 Å². The molecule has 1 fully saturated rings. The number of primary amides is 1. The monoisotopic (exact) mass is 272 g/mol. The van der Waals surface area contributed by atoms with E-state index in [-0.39, 0.29) is 30.6 Å². The number of nitrogens with one attached hydrogen (secondary N) is 1. The van der Waals surface area contributed by atoms with Crippen LogP contribution in [0.4, 0.5) is 0 Å². The fraction of sp³-hybridized carbons (Fsp3) is 0.750. The molecule has 0 aromatic carbocycles. The molecule has 7 nitrogen and oxygen atoms in total. The van der Waals surface area contributed by atoms with E-state index in [1.807, 2.05) is 6.92 Å². The van der Waals surface area contributed by atoms with Crippen LogP contribution in [0.2, 0.25) is 0 Å². The van der Waals surface area contributed by atoms with E-state index in [1.165, 1.54) is 0 Å². The number of carbonyl (C=O) groups excluding carboxylic acids is 2. The fourth-order valence-corrected chi connectivity index (χ4v) is 2.09. The Bertz CT molecular complexity index is 358. The minimum absolute atomic E-state index is 0.00794. The van der Waals surface area contributed by atoms with Crippen molar-refractivity contribution in [3.8, 4) is 0 Å². The largest absolute Gasteiger partial charge is 0.480 e. The molecule has 1 heterocycles. The first-order valence-electron chi connectivity index (χ1n) is 6.31. The fourth-order valence-electron chi connectivity index (χ4n) is 2.09. The summed E-state index contributed by atoms with van der Waals surface area (Å²) >= 11 is 0. The van der Waals surface area contributed by atoms with Gasteiger partial charge in [0.05, 0.1) is 0 Å². The van der Waals surface area contributed by atoms with E-state index in [2.05, 4.69) is 5.32 Å². The molecule has 0 aliphatic carbocycles. The first kappa shape index (κ1) is 15.4. The minimum atomic E-state index is -1.16. The normalized spacial score (nSPS) is 24.5. The molecule has 0 spiro atoms. The lowest BCUT2D eigenvalue weighted by molar-refractivity contribution is -0.144. The summed E-state index contributed by atoms with van der Waals surface area (Å²) in [5.74, 6) is -2.23.